The lowest BCUT2D eigenvalue weighted by molar-refractivity contribution is 0.282. The Kier molecular flexibility index (Phi) is 3.69. The zero-order valence-corrected chi connectivity index (χ0v) is 9.34. The van der Waals surface area contributed by atoms with Gasteiger partial charge in [-0.15, -0.1) is 0 Å². The third kappa shape index (κ3) is 2.15. The highest BCUT2D eigenvalue weighted by molar-refractivity contribution is 5.44. The maximum absolute atomic E-state index is 9.11. The fourth-order valence-electron chi connectivity index (χ4n) is 2.01. The van der Waals surface area contributed by atoms with E-state index in [4.69, 9.17) is 10.8 Å². The lowest BCUT2D eigenvalue weighted by atomic mass is 9.91. The zero-order chi connectivity index (χ0) is 11.4. The van der Waals surface area contributed by atoms with Crippen molar-refractivity contribution in [3.05, 3.63) is 18.1 Å². The molecule has 2 rings (SSSR count). The molecule has 88 valence electrons. The third-order valence-corrected chi connectivity index (χ3v) is 3.07. The highest BCUT2D eigenvalue weighted by Gasteiger charge is 2.27. The minimum absolute atomic E-state index is 0.136. The minimum atomic E-state index is 0.136. The first-order valence-corrected chi connectivity index (χ1v) is 5.74. The zero-order valence-electron chi connectivity index (χ0n) is 9.34. The summed E-state index contributed by atoms with van der Waals surface area (Å²) in [5, 5.41) is 9.11. The molecule has 3 N–H and O–H groups in total. The van der Waals surface area contributed by atoms with Crippen molar-refractivity contribution < 1.29 is 5.11 Å². The molecule has 5 heteroatoms. The standard InChI is InChI=1S/C11H18N4O/c12-8-10-11(14-5-4-13-10)15(6-7-16)9-2-1-3-9/h4-5,9,16H,1-3,6-8,12H2. The maximum Gasteiger partial charge on any atom is 0.151 e. The van der Waals surface area contributed by atoms with Gasteiger partial charge in [-0.25, -0.2) is 4.98 Å². The van der Waals surface area contributed by atoms with Gasteiger partial charge in [-0.3, -0.25) is 4.98 Å². The molecule has 1 heterocycles. The van der Waals surface area contributed by atoms with Crippen molar-refractivity contribution in [1.29, 1.82) is 0 Å². The molecule has 0 bridgehead atoms. The van der Waals surface area contributed by atoms with Crippen LogP contribution in [0.25, 0.3) is 0 Å². The van der Waals surface area contributed by atoms with E-state index < -0.39 is 0 Å². The van der Waals surface area contributed by atoms with Crippen LogP contribution in [0.5, 0.6) is 0 Å². The molecular formula is C11H18N4O. The molecular weight excluding hydrogens is 204 g/mol. The van der Waals surface area contributed by atoms with E-state index in [1.165, 1.54) is 19.3 Å². The highest BCUT2D eigenvalue weighted by atomic mass is 16.3. The summed E-state index contributed by atoms with van der Waals surface area (Å²) in [6.07, 6.45) is 6.92. The van der Waals surface area contributed by atoms with Crippen LogP contribution in [0.1, 0.15) is 25.0 Å². The lowest BCUT2D eigenvalue weighted by Gasteiger charge is -2.38. The molecule has 0 aromatic carbocycles. The molecule has 1 aromatic rings. The number of aromatic nitrogens is 2. The molecule has 1 aliphatic rings. The molecule has 5 nitrogen and oxygen atoms in total. The van der Waals surface area contributed by atoms with Gasteiger partial charge in [0.25, 0.3) is 0 Å². The van der Waals surface area contributed by atoms with Gasteiger partial charge in [0.1, 0.15) is 0 Å². The van der Waals surface area contributed by atoms with Crippen molar-refractivity contribution in [2.75, 3.05) is 18.1 Å². The Morgan fingerprint density at radius 3 is 2.69 bits per heavy atom. The Hall–Kier alpha value is -1.20. The predicted octanol–water partition coefficient (Wildman–Crippen LogP) is 0.286. The van der Waals surface area contributed by atoms with Gasteiger partial charge in [0.15, 0.2) is 5.82 Å². The quantitative estimate of drug-likeness (QED) is 0.748. The van der Waals surface area contributed by atoms with Crippen molar-refractivity contribution in [1.82, 2.24) is 9.97 Å². The van der Waals surface area contributed by atoms with Crippen molar-refractivity contribution >= 4 is 5.82 Å². The number of nitrogens with two attached hydrogens (primary N) is 1. The van der Waals surface area contributed by atoms with Gasteiger partial charge >= 0.3 is 0 Å². The normalized spacial score (nSPS) is 15.9. The van der Waals surface area contributed by atoms with Crippen LogP contribution >= 0.6 is 0 Å². The molecule has 1 fully saturated rings. The van der Waals surface area contributed by atoms with E-state index >= 15 is 0 Å². The van der Waals surface area contributed by atoms with Crippen LogP contribution in [-0.2, 0) is 6.54 Å². The number of nitrogens with zero attached hydrogens (tertiary/aromatic N) is 3. The summed E-state index contributed by atoms with van der Waals surface area (Å²) in [6.45, 7) is 1.13. The van der Waals surface area contributed by atoms with Crippen LogP contribution in [0.4, 0.5) is 5.82 Å². The van der Waals surface area contributed by atoms with Crippen LogP contribution in [0.15, 0.2) is 12.4 Å². The van der Waals surface area contributed by atoms with E-state index in [9.17, 15) is 0 Å². The third-order valence-electron chi connectivity index (χ3n) is 3.07. The van der Waals surface area contributed by atoms with E-state index in [1.807, 2.05) is 0 Å². The van der Waals surface area contributed by atoms with Gasteiger partial charge in [0.2, 0.25) is 0 Å². The maximum atomic E-state index is 9.11. The second-order valence-corrected chi connectivity index (χ2v) is 4.03. The van der Waals surface area contributed by atoms with Gasteiger partial charge in [-0.2, -0.15) is 0 Å². The van der Waals surface area contributed by atoms with E-state index in [2.05, 4.69) is 14.9 Å². The molecule has 0 radical (unpaired) electrons. The Bertz CT molecular complexity index is 341. The number of hydrogen-bond donors (Lipinski definition) is 2. The number of aliphatic hydroxyl groups is 1. The van der Waals surface area contributed by atoms with E-state index in [0.717, 1.165) is 11.5 Å². The molecule has 1 aliphatic carbocycles. The van der Waals surface area contributed by atoms with Gasteiger partial charge in [0.05, 0.1) is 12.3 Å². The molecule has 0 aliphatic heterocycles. The first kappa shape index (κ1) is 11.3. The SMILES string of the molecule is NCc1nccnc1N(CCO)C1CCC1. The molecule has 16 heavy (non-hydrogen) atoms. The monoisotopic (exact) mass is 222 g/mol. The Morgan fingerprint density at radius 1 is 1.38 bits per heavy atom. The Balaban J connectivity index is 2.22. The molecule has 0 spiro atoms. The van der Waals surface area contributed by atoms with E-state index in [0.29, 0.717) is 19.1 Å². The van der Waals surface area contributed by atoms with Gasteiger partial charge in [0, 0.05) is 31.5 Å². The summed E-state index contributed by atoms with van der Waals surface area (Å²) in [5.41, 5.74) is 6.46. The minimum Gasteiger partial charge on any atom is -0.395 e. The van der Waals surface area contributed by atoms with Crippen LogP contribution in [0.3, 0.4) is 0 Å². The molecule has 0 atom stereocenters. The molecule has 0 unspecified atom stereocenters. The van der Waals surface area contributed by atoms with Crippen molar-refractivity contribution in [2.24, 2.45) is 5.73 Å². The average molecular weight is 222 g/mol. The average Bonchev–Trinajstić information content (AvgIpc) is 2.26. The summed E-state index contributed by atoms with van der Waals surface area (Å²) in [5.74, 6) is 0.837. The van der Waals surface area contributed by atoms with Crippen molar-refractivity contribution in [2.45, 2.75) is 31.8 Å². The van der Waals surface area contributed by atoms with Crippen LogP contribution < -0.4 is 10.6 Å². The second kappa shape index (κ2) is 5.23. The van der Waals surface area contributed by atoms with Crippen LogP contribution in [0, 0.1) is 0 Å². The summed E-state index contributed by atoms with van der Waals surface area (Å²) < 4.78 is 0. The first-order chi connectivity index (χ1) is 7.86. The summed E-state index contributed by atoms with van der Waals surface area (Å²) in [6, 6.07) is 0.495. The van der Waals surface area contributed by atoms with Gasteiger partial charge in [-0.05, 0) is 19.3 Å². The van der Waals surface area contributed by atoms with E-state index in [1.54, 1.807) is 12.4 Å². The summed E-state index contributed by atoms with van der Waals surface area (Å²) in [4.78, 5) is 10.7. The van der Waals surface area contributed by atoms with E-state index in [-0.39, 0.29) is 6.61 Å². The Morgan fingerprint density at radius 2 is 2.12 bits per heavy atom. The highest BCUT2D eigenvalue weighted by Crippen LogP contribution is 2.29. The largest absolute Gasteiger partial charge is 0.395 e. The van der Waals surface area contributed by atoms with Crippen LogP contribution in [-0.4, -0.2) is 34.3 Å². The molecule has 1 aromatic heterocycles. The first-order valence-electron chi connectivity index (χ1n) is 5.74. The second-order valence-electron chi connectivity index (χ2n) is 4.03. The lowest BCUT2D eigenvalue weighted by Crippen LogP contribution is -2.43. The fourth-order valence-corrected chi connectivity index (χ4v) is 2.01. The molecule has 0 saturated heterocycles. The fraction of sp³-hybridized carbons (Fsp3) is 0.636. The number of anilines is 1. The smallest absolute Gasteiger partial charge is 0.151 e. The summed E-state index contributed by atoms with van der Waals surface area (Å²) >= 11 is 0. The topological polar surface area (TPSA) is 75.3 Å². The summed E-state index contributed by atoms with van der Waals surface area (Å²) in [7, 11) is 0. The van der Waals surface area contributed by atoms with Crippen LogP contribution in [0.2, 0.25) is 0 Å². The van der Waals surface area contributed by atoms with Gasteiger partial charge in [-0.1, -0.05) is 0 Å². The number of hydrogen-bond acceptors (Lipinski definition) is 5. The molecule has 1 saturated carbocycles. The van der Waals surface area contributed by atoms with Gasteiger partial charge < -0.3 is 15.7 Å². The molecule has 0 amide bonds. The predicted molar refractivity (Wildman–Crippen MR) is 62.0 cm³/mol. The Labute approximate surface area is 95.3 Å². The number of rotatable bonds is 5. The number of aliphatic hydroxyl groups excluding tert-OH is 1. The van der Waals surface area contributed by atoms with Crippen molar-refractivity contribution in [3.63, 3.8) is 0 Å². The van der Waals surface area contributed by atoms with Crippen molar-refractivity contribution in [3.8, 4) is 0 Å².